The maximum atomic E-state index is 12.8. The van der Waals surface area contributed by atoms with Crippen molar-refractivity contribution < 1.29 is 14.3 Å². The number of amides is 2. The minimum Gasteiger partial charge on any atom is -0.378 e. The van der Waals surface area contributed by atoms with Gasteiger partial charge < -0.3 is 24.4 Å². The van der Waals surface area contributed by atoms with E-state index in [4.69, 9.17) is 4.74 Å². The van der Waals surface area contributed by atoms with E-state index in [0.29, 0.717) is 24.7 Å². The lowest BCUT2D eigenvalue weighted by molar-refractivity contribution is -0.131. The molecule has 0 radical (unpaired) electrons. The van der Waals surface area contributed by atoms with Crippen LogP contribution in [0.15, 0.2) is 29.4 Å². The maximum Gasteiger partial charge on any atom is 0.237 e. The third-order valence-corrected chi connectivity index (χ3v) is 7.36. The average Bonchev–Trinajstić information content (AvgIpc) is 3.12. The lowest BCUT2D eigenvalue weighted by Gasteiger charge is -2.28. The number of ether oxygens (including phenoxy) is 1. The van der Waals surface area contributed by atoms with Crippen molar-refractivity contribution in [2.24, 2.45) is 0 Å². The Hall–Kier alpha value is -2.59. The number of benzene rings is 1. The Morgan fingerprint density at radius 3 is 2.62 bits per heavy atom. The van der Waals surface area contributed by atoms with Crippen LogP contribution in [-0.2, 0) is 27.4 Å². The molecule has 0 aliphatic carbocycles. The van der Waals surface area contributed by atoms with Gasteiger partial charge in [-0.05, 0) is 51.0 Å². The summed E-state index contributed by atoms with van der Waals surface area (Å²) in [6.45, 7) is 9.06. The Bertz CT molecular complexity index is 974. The van der Waals surface area contributed by atoms with Crippen LogP contribution < -0.4 is 10.2 Å². The highest BCUT2D eigenvalue weighted by molar-refractivity contribution is 8.00. The van der Waals surface area contributed by atoms with Gasteiger partial charge in [-0.25, -0.2) is 0 Å². The number of carbonyl (C=O) groups is 2. The smallest absolute Gasteiger partial charge is 0.237 e. The summed E-state index contributed by atoms with van der Waals surface area (Å²) in [6.07, 6.45) is 3.68. The molecule has 1 atom stereocenters. The minimum absolute atomic E-state index is 0.0842. The van der Waals surface area contributed by atoms with Crippen LogP contribution in [-0.4, -0.2) is 69.6 Å². The van der Waals surface area contributed by atoms with Gasteiger partial charge in [-0.2, -0.15) is 0 Å². The molecular formula is C24H34N6O3S. The molecule has 2 fully saturated rings. The molecule has 0 bridgehead atoms. The zero-order valence-electron chi connectivity index (χ0n) is 20.0. The van der Waals surface area contributed by atoms with Crippen LogP contribution in [0.1, 0.15) is 45.4 Å². The first-order valence-corrected chi connectivity index (χ1v) is 13.0. The van der Waals surface area contributed by atoms with Gasteiger partial charge in [0.05, 0.1) is 25.0 Å². The van der Waals surface area contributed by atoms with Gasteiger partial charge in [-0.15, -0.1) is 10.2 Å². The van der Waals surface area contributed by atoms with E-state index < -0.39 is 0 Å². The van der Waals surface area contributed by atoms with Crippen molar-refractivity contribution in [2.75, 3.05) is 43.1 Å². The second-order valence-corrected chi connectivity index (χ2v) is 9.97. The molecule has 0 unspecified atom stereocenters. The van der Waals surface area contributed by atoms with E-state index in [-0.39, 0.29) is 17.1 Å². The molecule has 0 saturated carbocycles. The Morgan fingerprint density at radius 1 is 1.12 bits per heavy atom. The number of nitrogens with one attached hydrogen (secondary N) is 1. The van der Waals surface area contributed by atoms with Crippen molar-refractivity contribution in [3.63, 3.8) is 0 Å². The maximum absolute atomic E-state index is 12.8. The topological polar surface area (TPSA) is 92.6 Å². The zero-order chi connectivity index (χ0) is 23.9. The first kappa shape index (κ1) is 24.5. The number of likely N-dealkylation sites (tertiary alicyclic amines) is 1. The summed E-state index contributed by atoms with van der Waals surface area (Å²) in [5.41, 5.74) is 1.90. The Kier molecular flexibility index (Phi) is 8.44. The van der Waals surface area contributed by atoms with Crippen LogP contribution in [0.5, 0.6) is 0 Å². The van der Waals surface area contributed by atoms with Gasteiger partial charge in [0.15, 0.2) is 11.0 Å². The van der Waals surface area contributed by atoms with Crippen molar-refractivity contribution >= 4 is 35.0 Å². The Morgan fingerprint density at radius 2 is 1.88 bits per heavy atom. The number of hydrogen-bond acceptors (Lipinski definition) is 7. The predicted molar refractivity (Wildman–Crippen MR) is 133 cm³/mol. The number of morpholine rings is 1. The Balaban J connectivity index is 1.35. The summed E-state index contributed by atoms with van der Waals surface area (Å²) >= 11 is 1.39. The fourth-order valence-corrected chi connectivity index (χ4v) is 5.18. The van der Waals surface area contributed by atoms with Gasteiger partial charge in [-0.3, -0.25) is 9.59 Å². The van der Waals surface area contributed by atoms with Crippen LogP contribution in [0.25, 0.3) is 0 Å². The number of rotatable bonds is 8. The quantitative estimate of drug-likeness (QED) is 0.573. The van der Waals surface area contributed by atoms with Crippen LogP contribution >= 0.6 is 11.8 Å². The fraction of sp³-hybridized carbons (Fsp3) is 0.583. The predicted octanol–water partition coefficient (Wildman–Crippen LogP) is 3.16. The summed E-state index contributed by atoms with van der Waals surface area (Å²) in [5, 5.41) is 12.0. The minimum atomic E-state index is -0.346. The summed E-state index contributed by atoms with van der Waals surface area (Å²) < 4.78 is 7.41. The molecular weight excluding hydrogens is 452 g/mol. The second kappa shape index (κ2) is 11.7. The van der Waals surface area contributed by atoms with E-state index in [1.165, 1.54) is 11.8 Å². The van der Waals surface area contributed by atoms with Gasteiger partial charge >= 0.3 is 0 Å². The molecule has 4 rings (SSSR count). The molecule has 0 spiro atoms. The third-order valence-electron chi connectivity index (χ3n) is 6.28. The van der Waals surface area contributed by atoms with Crippen LogP contribution in [0.4, 0.5) is 11.4 Å². The number of nitrogens with zero attached hydrogens (tertiary/aromatic N) is 5. The molecule has 1 N–H and O–H groups in total. The number of aromatic nitrogens is 3. The van der Waals surface area contributed by atoms with E-state index in [2.05, 4.69) is 20.4 Å². The molecule has 2 saturated heterocycles. The van der Waals surface area contributed by atoms with Gasteiger partial charge in [0.1, 0.15) is 0 Å². The second-order valence-electron chi connectivity index (χ2n) is 8.66. The van der Waals surface area contributed by atoms with Crippen LogP contribution in [0.2, 0.25) is 0 Å². The molecule has 2 amide bonds. The molecule has 2 aliphatic rings. The number of thioether (sulfide) groups is 1. The van der Waals surface area contributed by atoms with Crippen LogP contribution in [0.3, 0.4) is 0 Å². The van der Waals surface area contributed by atoms with E-state index in [9.17, 15) is 9.59 Å². The van der Waals surface area contributed by atoms with Gasteiger partial charge in [0.2, 0.25) is 11.8 Å². The zero-order valence-corrected chi connectivity index (χ0v) is 20.9. The highest BCUT2D eigenvalue weighted by Crippen LogP contribution is 2.25. The van der Waals surface area contributed by atoms with Gasteiger partial charge in [0, 0.05) is 44.0 Å². The molecule has 184 valence electrons. The number of carbonyl (C=O) groups excluding carboxylic acids is 2. The third kappa shape index (κ3) is 6.09. The molecule has 1 aromatic carbocycles. The van der Waals surface area contributed by atoms with Crippen LogP contribution in [0, 0.1) is 0 Å². The molecule has 9 nitrogen and oxygen atoms in total. The summed E-state index contributed by atoms with van der Waals surface area (Å²) in [6, 6.07) is 7.93. The Labute approximate surface area is 205 Å². The van der Waals surface area contributed by atoms with Crippen molar-refractivity contribution in [1.29, 1.82) is 0 Å². The van der Waals surface area contributed by atoms with Gasteiger partial charge in [-0.1, -0.05) is 18.2 Å². The first-order chi connectivity index (χ1) is 16.5. The van der Waals surface area contributed by atoms with E-state index in [0.717, 1.165) is 69.3 Å². The molecule has 2 aliphatic heterocycles. The summed E-state index contributed by atoms with van der Waals surface area (Å²) in [4.78, 5) is 29.4. The van der Waals surface area contributed by atoms with Crippen molar-refractivity contribution in [3.8, 4) is 0 Å². The molecule has 10 heteroatoms. The van der Waals surface area contributed by atoms with Gasteiger partial charge in [0.25, 0.3) is 0 Å². The lowest BCUT2D eigenvalue weighted by Crippen LogP contribution is -2.36. The number of hydrogen-bond donors (Lipinski definition) is 1. The average molecular weight is 487 g/mol. The highest BCUT2D eigenvalue weighted by Gasteiger charge is 2.23. The van der Waals surface area contributed by atoms with Crippen molar-refractivity contribution in [2.45, 2.75) is 63.0 Å². The largest absolute Gasteiger partial charge is 0.378 e. The molecule has 2 aromatic rings. The summed E-state index contributed by atoms with van der Waals surface area (Å²) in [5.74, 6) is 0.871. The van der Waals surface area contributed by atoms with E-state index in [1.54, 1.807) is 0 Å². The fourth-order valence-electron chi connectivity index (χ4n) is 4.25. The standard InChI is InChI=1S/C24H34N6O3S/c1-3-30-21(17-29-12-6-4-5-7-22(29)31)26-27-24(30)34-18(2)23(32)25-19-8-10-20(11-9-19)28-13-15-33-16-14-28/h8-11,18H,3-7,12-17H2,1-2H3,(H,25,32)/t18-/m0/s1. The SMILES string of the molecule is CCn1c(CN2CCCCCC2=O)nnc1S[C@@H](C)C(=O)Nc1ccc(N2CCOCC2)cc1. The molecule has 34 heavy (non-hydrogen) atoms. The molecule has 3 heterocycles. The van der Waals surface area contributed by atoms with Crippen molar-refractivity contribution in [3.05, 3.63) is 30.1 Å². The van der Waals surface area contributed by atoms with E-state index >= 15 is 0 Å². The summed E-state index contributed by atoms with van der Waals surface area (Å²) in [7, 11) is 0. The highest BCUT2D eigenvalue weighted by atomic mass is 32.2. The van der Waals surface area contributed by atoms with E-state index in [1.807, 2.05) is 47.6 Å². The number of anilines is 2. The normalized spacial score (nSPS) is 18.0. The monoisotopic (exact) mass is 486 g/mol. The van der Waals surface area contributed by atoms with Crippen molar-refractivity contribution in [1.82, 2.24) is 19.7 Å². The first-order valence-electron chi connectivity index (χ1n) is 12.1. The molecule has 1 aromatic heterocycles. The lowest BCUT2D eigenvalue weighted by atomic mass is 10.2.